The van der Waals surface area contributed by atoms with Gasteiger partial charge in [-0.3, -0.25) is 19.3 Å². The number of aromatic hydroxyl groups is 1. The van der Waals surface area contributed by atoms with Gasteiger partial charge in [0.15, 0.2) is 11.4 Å². The zero-order chi connectivity index (χ0) is 30.8. The van der Waals surface area contributed by atoms with Crippen LogP contribution in [0.1, 0.15) is 27.0 Å². The molecule has 7 N–H and O–H groups in total. The molecule has 0 radical (unpaired) electrons. The molecule has 5 rings (SSSR count). The van der Waals surface area contributed by atoms with Crippen LogP contribution in [0.5, 0.6) is 5.75 Å². The number of carbonyl (C=O) groups excluding carboxylic acids is 4. The molecule has 0 saturated heterocycles. The van der Waals surface area contributed by atoms with E-state index in [1.165, 1.54) is 50.4 Å². The maximum Gasteiger partial charge on any atom is 0.337 e. The number of methoxy groups -OCH3 is 1. The standard InChI is InChI=1S/C30H28N2O10/c1-32(2)22-21-24(35)18-15(11-12-7-9-13(10-8-12)29(40)42-3)14-5-4-6-16(33)17(14)23(34)19(18)26(37)30(21,41)27(38)20(25(22)36)28(31)39/h4-11,18,21-22,24,33-35,38,41H,1-3H3,(H2,31,39)/b15-11+/t18-,21+,22+,24-,30-/m1/s1. The fourth-order valence-corrected chi connectivity index (χ4v) is 6.32. The van der Waals surface area contributed by atoms with Gasteiger partial charge in [-0.2, -0.15) is 0 Å². The summed E-state index contributed by atoms with van der Waals surface area (Å²) in [6.45, 7) is 0. The third kappa shape index (κ3) is 3.87. The Bertz CT molecular complexity index is 1650. The third-order valence-corrected chi connectivity index (χ3v) is 8.18. The van der Waals surface area contributed by atoms with E-state index in [4.69, 9.17) is 10.5 Å². The lowest BCUT2D eigenvalue weighted by atomic mass is 9.55. The van der Waals surface area contributed by atoms with Gasteiger partial charge in [0, 0.05) is 5.92 Å². The van der Waals surface area contributed by atoms with Crippen molar-refractivity contribution in [2.24, 2.45) is 17.6 Å². The molecule has 0 bridgehead atoms. The number of phenols is 1. The number of ether oxygens (including phenoxy) is 1. The zero-order valence-corrected chi connectivity index (χ0v) is 22.7. The summed E-state index contributed by atoms with van der Waals surface area (Å²) >= 11 is 0. The molecule has 1 fully saturated rings. The van der Waals surface area contributed by atoms with E-state index in [9.17, 15) is 44.7 Å². The number of aliphatic hydroxyl groups is 4. The van der Waals surface area contributed by atoms with Gasteiger partial charge < -0.3 is 36.0 Å². The third-order valence-electron chi connectivity index (χ3n) is 8.18. The molecule has 3 aliphatic carbocycles. The quantitative estimate of drug-likeness (QED) is 0.221. The first-order valence-corrected chi connectivity index (χ1v) is 12.8. The fourth-order valence-electron chi connectivity index (χ4n) is 6.32. The van der Waals surface area contributed by atoms with Crippen LogP contribution in [0.3, 0.4) is 0 Å². The van der Waals surface area contributed by atoms with Crippen molar-refractivity contribution < 1.29 is 49.4 Å². The normalized spacial score (nSPS) is 28.0. The van der Waals surface area contributed by atoms with Crippen LogP contribution in [-0.2, 0) is 19.1 Å². The highest BCUT2D eigenvalue weighted by molar-refractivity contribution is 6.25. The number of likely N-dealkylation sites (N-methyl/N-ethyl adjacent to an activating group) is 1. The van der Waals surface area contributed by atoms with Gasteiger partial charge in [-0.05, 0) is 49.0 Å². The molecule has 1 saturated carbocycles. The van der Waals surface area contributed by atoms with Crippen molar-refractivity contribution in [1.82, 2.24) is 4.90 Å². The van der Waals surface area contributed by atoms with Crippen molar-refractivity contribution in [1.29, 1.82) is 0 Å². The van der Waals surface area contributed by atoms with E-state index in [2.05, 4.69) is 0 Å². The van der Waals surface area contributed by atoms with Crippen molar-refractivity contribution >= 4 is 40.9 Å². The van der Waals surface area contributed by atoms with Crippen LogP contribution < -0.4 is 5.73 Å². The number of hydrogen-bond donors (Lipinski definition) is 6. The predicted molar refractivity (Wildman–Crippen MR) is 148 cm³/mol. The summed E-state index contributed by atoms with van der Waals surface area (Å²) in [4.78, 5) is 52.9. The minimum Gasteiger partial charge on any atom is -0.508 e. The van der Waals surface area contributed by atoms with E-state index in [1.54, 1.807) is 24.3 Å². The summed E-state index contributed by atoms with van der Waals surface area (Å²) in [7, 11) is 4.10. The summed E-state index contributed by atoms with van der Waals surface area (Å²) in [5.74, 6) is -9.80. The number of benzene rings is 2. The lowest BCUT2D eigenvalue weighted by Gasteiger charge is -2.53. The molecule has 2 aromatic rings. The van der Waals surface area contributed by atoms with Crippen molar-refractivity contribution in [2.45, 2.75) is 17.7 Å². The molecule has 0 unspecified atom stereocenters. The van der Waals surface area contributed by atoms with Crippen LogP contribution in [0, 0.1) is 11.8 Å². The van der Waals surface area contributed by atoms with Gasteiger partial charge in [0.1, 0.15) is 22.8 Å². The van der Waals surface area contributed by atoms with Gasteiger partial charge in [0.2, 0.25) is 5.78 Å². The van der Waals surface area contributed by atoms with Crippen molar-refractivity contribution in [3.8, 4) is 5.75 Å². The van der Waals surface area contributed by atoms with Gasteiger partial charge in [-0.25, -0.2) is 4.79 Å². The topological polar surface area (TPSA) is 208 Å². The second-order valence-corrected chi connectivity index (χ2v) is 10.6. The number of esters is 1. The lowest BCUT2D eigenvalue weighted by molar-refractivity contribution is -0.166. The van der Waals surface area contributed by atoms with Crippen LogP contribution >= 0.6 is 0 Å². The van der Waals surface area contributed by atoms with Crippen LogP contribution in [0.25, 0.3) is 17.4 Å². The molecule has 5 atom stereocenters. The van der Waals surface area contributed by atoms with E-state index >= 15 is 0 Å². The fraction of sp³-hybridized carbons (Fsp3) is 0.267. The molecule has 3 aliphatic rings. The Kier molecular flexibility index (Phi) is 6.80. The first kappa shape index (κ1) is 28.7. The zero-order valence-electron chi connectivity index (χ0n) is 22.7. The summed E-state index contributed by atoms with van der Waals surface area (Å²) in [6, 6.07) is 8.97. The Morgan fingerprint density at radius 3 is 2.26 bits per heavy atom. The Labute approximate surface area is 239 Å². The smallest absolute Gasteiger partial charge is 0.337 e. The van der Waals surface area contributed by atoms with E-state index in [1.807, 2.05) is 0 Å². The molecular formula is C30H28N2O10. The van der Waals surface area contributed by atoms with E-state index in [-0.39, 0.29) is 22.3 Å². The number of Topliss-reactive ketones (excluding diaryl/α,β-unsaturated/α-hetero) is 2. The second-order valence-electron chi connectivity index (χ2n) is 10.6. The number of ketones is 2. The van der Waals surface area contributed by atoms with Crippen molar-refractivity contribution in [2.75, 3.05) is 21.2 Å². The molecule has 12 heteroatoms. The number of fused-ring (bicyclic) bond motifs is 3. The highest BCUT2D eigenvalue weighted by atomic mass is 16.5. The highest BCUT2D eigenvalue weighted by Crippen LogP contribution is 2.56. The number of phenolic OH excluding ortho intramolecular Hbond substituents is 1. The number of nitrogens with two attached hydrogens (primary N) is 1. The van der Waals surface area contributed by atoms with Gasteiger partial charge in [0.05, 0.1) is 41.9 Å². The number of aliphatic hydroxyl groups excluding tert-OH is 3. The summed E-state index contributed by atoms with van der Waals surface area (Å²) < 4.78 is 4.73. The highest BCUT2D eigenvalue weighted by Gasteiger charge is 2.68. The first-order chi connectivity index (χ1) is 19.8. The predicted octanol–water partition coefficient (Wildman–Crippen LogP) is 0.720. The summed E-state index contributed by atoms with van der Waals surface area (Å²) in [5.41, 5.74) is 1.85. The molecular weight excluding hydrogens is 548 g/mol. The molecule has 218 valence electrons. The molecule has 42 heavy (non-hydrogen) atoms. The Balaban J connectivity index is 1.81. The van der Waals surface area contributed by atoms with Crippen molar-refractivity contribution in [3.05, 3.63) is 81.6 Å². The van der Waals surface area contributed by atoms with Gasteiger partial charge in [0.25, 0.3) is 5.91 Å². The minimum atomic E-state index is -3.03. The SMILES string of the molecule is COC(=O)c1ccc(/C=C2\c3cccc(O)c3C(O)=C3C(=O)[C@@]4(O)C(O)=C(C(N)=O)C(=O)[C@@H](N(C)C)[C@H]4[C@H](O)[C@@H]32)cc1. The molecule has 0 heterocycles. The Hall–Kier alpha value is -4.78. The molecule has 1 amide bonds. The van der Waals surface area contributed by atoms with Crippen LogP contribution in [0.2, 0.25) is 0 Å². The lowest BCUT2D eigenvalue weighted by Crippen LogP contribution is -2.70. The maximum absolute atomic E-state index is 14.2. The molecule has 2 aromatic carbocycles. The number of amides is 1. The Morgan fingerprint density at radius 1 is 1.05 bits per heavy atom. The molecule has 12 nitrogen and oxygen atoms in total. The van der Waals surface area contributed by atoms with E-state index in [0.29, 0.717) is 5.56 Å². The van der Waals surface area contributed by atoms with E-state index in [0.717, 1.165) is 0 Å². The van der Waals surface area contributed by atoms with Crippen molar-refractivity contribution in [3.63, 3.8) is 0 Å². The summed E-state index contributed by atoms with van der Waals surface area (Å²) in [6.07, 6.45) is -0.231. The van der Waals surface area contributed by atoms with E-state index < -0.39 is 81.4 Å². The largest absolute Gasteiger partial charge is 0.508 e. The number of hydrogen-bond acceptors (Lipinski definition) is 11. The molecule has 0 spiro atoms. The van der Waals surface area contributed by atoms with Gasteiger partial charge in [-0.15, -0.1) is 0 Å². The molecule has 0 aliphatic heterocycles. The monoisotopic (exact) mass is 576 g/mol. The minimum absolute atomic E-state index is 0.168. The number of rotatable bonds is 4. The van der Waals surface area contributed by atoms with Crippen LogP contribution in [-0.4, -0.2) is 92.8 Å². The Morgan fingerprint density at radius 2 is 1.69 bits per heavy atom. The number of nitrogens with zero attached hydrogens (tertiary/aromatic N) is 1. The second kappa shape index (κ2) is 9.94. The maximum atomic E-state index is 14.2. The van der Waals surface area contributed by atoms with Crippen LogP contribution in [0.15, 0.2) is 59.4 Å². The number of primary amides is 1. The average Bonchev–Trinajstić information content (AvgIpc) is 2.94. The van der Waals surface area contributed by atoms with Gasteiger partial charge in [-0.1, -0.05) is 30.3 Å². The summed E-state index contributed by atoms with van der Waals surface area (Å²) in [5, 5.41) is 56.8. The number of carbonyl (C=O) groups is 4. The van der Waals surface area contributed by atoms with Gasteiger partial charge >= 0.3 is 5.97 Å². The molecule has 0 aromatic heterocycles. The average molecular weight is 577 g/mol. The first-order valence-electron chi connectivity index (χ1n) is 12.8. The van der Waals surface area contributed by atoms with Crippen LogP contribution in [0.4, 0.5) is 0 Å².